The number of hydrogen-bond donors (Lipinski definition) is 2. The van der Waals surface area contributed by atoms with Gasteiger partial charge in [-0.25, -0.2) is 4.39 Å². The zero-order valence-electron chi connectivity index (χ0n) is 14.5. The first kappa shape index (κ1) is 17.0. The molecule has 0 heterocycles. The standard InChI is InChI=1S/C22H17FN2O2/c23-15-8-6-14(7-9-15)22(27)25-19-12-11-18(17-10-13-20(26)21(17)19)24-16-4-2-1-3-5-16/h1-9,11-12,24H,10,13H2,(H,25,27). The second-order valence-electron chi connectivity index (χ2n) is 6.39. The fraction of sp³-hybridized carbons (Fsp3) is 0.0909. The molecule has 4 rings (SSSR count). The Morgan fingerprint density at radius 1 is 0.852 bits per heavy atom. The number of halogens is 1. The van der Waals surface area contributed by atoms with Crippen molar-refractivity contribution in [3.63, 3.8) is 0 Å². The molecule has 0 fully saturated rings. The summed E-state index contributed by atoms with van der Waals surface area (Å²) in [5.74, 6) is -0.768. The van der Waals surface area contributed by atoms with Crippen LogP contribution in [0.4, 0.5) is 21.5 Å². The van der Waals surface area contributed by atoms with Crippen LogP contribution in [-0.2, 0) is 6.42 Å². The fourth-order valence-electron chi connectivity index (χ4n) is 3.28. The van der Waals surface area contributed by atoms with E-state index in [0.29, 0.717) is 29.7 Å². The third kappa shape index (κ3) is 3.44. The molecule has 0 aliphatic heterocycles. The Hall–Kier alpha value is -3.47. The zero-order chi connectivity index (χ0) is 18.8. The Morgan fingerprint density at radius 2 is 1.56 bits per heavy atom. The van der Waals surface area contributed by atoms with Crippen molar-refractivity contribution in [2.24, 2.45) is 0 Å². The van der Waals surface area contributed by atoms with Gasteiger partial charge in [-0.1, -0.05) is 18.2 Å². The van der Waals surface area contributed by atoms with Gasteiger partial charge < -0.3 is 10.6 Å². The Kier molecular flexibility index (Phi) is 4.42. The highest BCUT2D eigenvalue weighted by atomic mass is 19.1. The molecule has 134 valence electrons. The van der Waals surface area contributed by atoms with Gasteiger partial charge in [0.1, 0.15) is 5.82 Å². The van der Waals surface area contributed by atoms with Crippen LogP contribution >= 0.6 is 0 Å². The Balaban J connectivity index is 1.64. The zero-order valence-corrected chi connectivity index (χ0v) is 14.5. The maximum Gasteiger partial charge on any atom is 0.255 e. The first-order valence-corrected chi connectivity index (χ1v) is 8.70. The molecule has 0 radical (unpaired) electrons. The van der Waals surface area contributed by atoms with Crippen LogP contribution in [0.15, 0.2) is 66.7 Å². The Bertz CT molecular complexity index is 1010. The topological polar surface area (TPSA) is 58.2 Å². The lowest BCUT2D eigenvalue weighted by Crippen LogP contribution is -2.14. The van der Waals surface area contributed by atoms with Gasteiger partial charge in [0.15, 0.2) is 5.78 Å². The molecule has 0 spiro atoms. The number of rotatable bonds is 4. The summed E-state index contributed by atoms with van der Waals surface area (Å²) in [5, 5.41) is 6.13. The quantitative estimate of drug-likeness (QED) is 0.692. The highest BCUT2D eigenvalue weighted by Gasteiger charge is 2.26. The lowest BCUT2D eigenvalue weighted by Gasteiger charge is -2.15. The molecular weight excluding hydrogens is 343 g/mol. The number of nitrogens with one attached hydrogen (secondary N) is 2. The summed E-state index contributed by atoms with van der Waals surface area (Å²) in [6, 6.07) is 18.6. The van der Waals surface area contributed by atoms with Crippen molar-refractivity contribution in [2.45, 2.75) is 12.8 Å². The number of amides is 1. The third-order valence-electron chi connectivity index (χ3n) is 4.60. The van der Waals surface area contributed by atoms with Crippen molar-refractivity contribution in [3.8, 4) is 0 Å². The number of Topliss-reactive ketones (excluding diaryl/α,β-unsaturated/α-hetero) is 1. The lowest BCUT2D eigenvalue weighted by atomic mass is 10.0. The SMILES string of the molecule is O=C(Nc1ccc(Nc2ccccc2)c2c1C(=O)CC2)c1ccc(F)cc1. The van der Waals surface area contributed by atoms with Crippen LogP contribution < -0.4 is 10.6 Å². The van der Waals surface area contributed by atoms with Crippen molar-refractivity contribution in [2.75, 3.05) is 10.6 Å². The van der Waals surface area contributed by atoms with E-state index in [4.69, 9.17) is 0 Å². The molecule has 2 N–H and O–H groups in total. The normalized spacial score (nSPS) is 12.6. The molecule has 1 aliphatic rings. The summed E-state index contributed by atoms with van der Waals surface area (Å²) < 4.78 is 13.0. The van der Waals surface area contributed by atoms with Gasteiger partial charge in [-0.3, -0.25) is 9.59 Å². The van der Waals surface area contributed by atoms with Gasteiger partial charge in [-0.05, 0) is 60.5 Å². The highest BCUT2D eigenvalue weighted by molar-refractivity contribution is 6.12. The molecule has 0 saturated carbocycles. The molecule has 4 nitrogen and oxygen atoms in total. The molecular formula is C22H17FN2O2. The van der Waals surface area contributed by atoms with E-state index >= 15 is 0 Å². The summed E-state index contributed by atoms with van der Waals surface area (Å²) in [7, 11) is 0. The number of anilines is 3. The third-order valence-corrected chi connectivity index (χ3v) is 4.60. The Morgan fingerprint density at radius 3 is 2.30 bits per heavy atom. The molecule has 1 aliphatic carbocycles. The van der Waals surface area contributed by atoms with Crippen molar-refractivity contribution < 1.29 is 14.0 Å². The van der Waals surface area contributed by atoms with Gasteiger partial charge in [0, 0.05) is 28.9 Å². The molecule has 3 aromatic rings. The number of benzene rings is 3. The van der Waals surface area contributed by atoms with E-state index in [2.05, 4.69) is 10.6 Å². The van der Waals surface area contributed by atoms with E-state index in [9.17, 15) is 14.0 Å². The van der Waals surface area contributed by atoms with E-state index in [1.807, 2.05) is 36.4 Å². The van der Waals surface area contributed by atoms with Crippen LogP contribution in [0.5, 0.6) is 0 Å². The monoisotopic (exact) mass is 360 g/mol. The molecule has 0 aromatic heterocycles. The largest absolute Gasteiger partial charge is 0.355 e. The summed E-state index contributed by atoms with van der Waals surface area (Å²) in [5.41, 5.74) is 4.07. The number of fused-ring (bicyclic) bond motifs is 1. The summed E-state index contributed by atoms with van der Waals surface area (Å²) in [6.45, 7) is 0. The van der Waals surface area contributed by atoms with E-state index < -0.39 is 5.82 Å². The van der Waals surface area contributed by atoms with E-state index in [1.54, 1.807) is 6.07 Å². The predicted molar refractivity (Wildman–Crippen MR) is 103 cm³/mol. The molecule has 27 heavy (non-hydrogen) atoms. The molecule has 1 amide bonds. The number of para-hydroxylation sites is 1. The molecule has 0 bridgehead atoms. The minimum absolute atomic E-state index is 0.0103. The molecule has 3 aromatic carbocycles. The number of carbonyl (C=O) groups excluding carboxylic acids is 2. The minimum Gasteiger partial charge on any atom is -0.355 e. The van der Waals surface area contributed by atoms with Gasteiger partial charge >= 0.3 is 0 Å². The second-order valence-corrected chi connectivity index (χ2v) is 6.39. The van der Waals surface area contributed by atoms with Crippen molar-refractivity contribution in [1.29, 1.82) is 0 Å². The first-order chi connectivity index (χ1) is 13.1. The van der Waals surface area contributed by atoms with E-state index in [-0.39, 0.29) is 11.7 Å². The van der Waals surface area contributed by atoms with Crippen LogP contribution in [0.2, 0.25) is 0 Å². The summed E-state index contributed by atoms with van der Waals surface area (Å²) in [4.78, 5) is 24.9. The van der Waals surface area contributed by atoms with Gasteiger partial charge in [-0.2, -0.15) is 0 Å². The van der Waals surface area contributed by atoms with Crippen molar-refractivity contribution >= 4 is 28.8 Å². The molecule has 0 unspecified atom stereocenters. The van der Waals surface area contributed by atoms with Crippen molar-refractivity contribution in [1.82, 2.24) is 0 Å². The number of carbonyl (C=O) groups is 2. The summed E-state index contributed by atoms with van der Waals surface area (Å²) in [6.07, 6.45) is 1.05. The van der Waals surface area contributed by atoms with Crippen molar-refractivity contribution in [3.05, 3.63) is 89.2 Å². The first-order valence-electron chi connectivity index (χ1n) is 8.70. The number of ketones is 1. The van der Waals surface area contributed by atoms with Crippen LogP contribution in [-0.4, -0.2) is 11.7 Å². The number of hydrogen-bond acceptors (Lipinski definition) is 3. The van der Waals surface area contributed by atoms with Crippen LogP contribution in [0, 0.1) is 5.82 Å². The van der Waals surface area contributed by atoms with Gasteiger partial charge in [-0.15, -0.1) is 0 Å². The van der Waals surface area contributed by atoms with E-state index in [0.717, 1.165) is 16.9 Å². The van der Waals surface area contributed by atoms with Crippen LogP contribution in [0.25, 0.3) is 0 Å². The van der Waals surface area contributed by atoms with Gasteiger partial charge in [0.2, 0.25) is 0 Å². The minimum atomic E-state index is -0.404. The highest BCUT2D eigenvalue weighted by Crippen LogP contribution is 2.36. The Labute approximate surface area is 156 Å². The van der Waals surface area contributed by atoms with Gasteiger partial charge in [0.25, 0.3) is 5.91 Å². The van der Waals surface area contributed by atoms with Gasteiger partial charge in [0.05, 0.1) is 5.69 Å². The van der Waals surface area contributed by atoms with E-state index in [1.165, 1.54) is 24.3 Å². The fourth-order valence-corrected chi connectivity index (χ4v) is 3.28. The molecule has 5 heteroatoms. The maximum atomic E-state index is 13.0. The predicted octanol–water partition coefficient (Wildman–Crippen LogP) is 4.95. The maximum absolute atomic E-state index is 13.0. The molecule has 0 saturated heterocycles. The summed E-state index contributed by atoms with van der Waals surface area (Å²) >= 11 is 0. The lowest BCUT2D eigenvalue weighted by molar-refractivity contribution is 0.0995. The average molecular weight is 360 g/mol. The van der Waals surface area contributed by atoms with Crippen LogP contribution in [0.1, 0.15) is 32.7 Å². The second kappa shape index (κ2) is 7.03. The average Bonchev–Trinajstić information content (AvgIpc) is 3.07. The smallest absolute Gasteiger partial charge is 0.255 e. The van der Waals surface area contributed by atoms with Crippen LogP contribution in [0.3, 0.4) is 0 Å². The molecule has 0 atom stereocenters.